The lowest BCUT2D eigenvalue weighted by Crippen LogP contribution is -2.01. The van der Waals surface area contributed by atoms with Crippen LogP contribution >= 0.6 is 0 Å². The van der Waals surface area contributed by atoms with Gasteiger partial charge in [0.2, 0.25) is 0 Å². The van der Waals surface area contributed by atoms with E-state index >= 15 is 0 Å². The number of benzene rings is 2. The highest BCUT2D eigenvalue weighted by Crippen LogP contribution is 2.42. The van der Waals surface area contributed by atoms with Crippen LogP contribution < -0.4 is 0 Å². The van der Waals surface area contributed by atoms with Crippen LogP contribution in [0.25, 0.3) is 22.7 Å². The Morgan fingerprint density at radius 3 is 2.33 bits per heavy atom. The average Bonchev–Trinajstić information content (AvgIpc) is 2.76. The van der Waals surface area contributed by atoms with E-state index < -0.39 is 0 Å². The smallest absolute Gasteiger partial charge is 0.126 e. The van der Waals surface area contributed by atoms with Crippen molar-refractivity contribution >= 4 is 22.7 Å². The Kier molecular flexibility index (Phi) is 3.04. The summed E-state index contributed by atoms with van der Waals surface area (Å²) in [6.07, 6.45) is 2.73. The Morgan fingerprint density at radius 2 is 1.58 bits per heavy atom. The number of hydrogen-bond acceptors (Lipinski definition) is 2. The van der Waals surface area contributed by atoms with Crippen molar-refractivity contribution in [3.63, 3.8) is 0 Å². The Bertz CT molecular complexity index is 1040. The molecular formula is C21H21NO2. The highest BCUT2D eigenvalue weighted by Gasteiger charge is 2.24. The molecule has 24 heavy (non-hydrogen) atoms. The third-order valence-electron chi connectivity index (χ3n) is 5.38. The largest absolute Gasteiger partial charge is 0.507 e. The number of aromatic nitrogens is 1. The van der Waals surface area contributed by atoms with Crippen LogP contribution in [0.3, 0.4) is 0 Å². The molecule has 2 heterocycles. The normalized spacial score (nSPS) is 13.4. The second kappa shape index (κ2) is 4.91. The third-order valence-corrected chi connectivity index (χ3v) is 5.38. The molecule has 1 aliphatic rings. The van der Waals surface area contributed by atoms with Gasteiger partial charge in [0.05, 0.1) is 5.52 Å². The first-order valence-corrected chi connectivity index (χ1v) is 8.23. The lowest BCUT2D eigenvalue weighted by molar-refractivity contribution is 0.436. The van der Waals surface area contributed by atoms with Crippen LogP contribution in [-0.2, 0) is 6.42 Å². The molecule has 0 amide bonds. The lowest BCUT2D eigenvalue weighted by atomic mass is 9.92. The summed E-state index contributed by atoms with van der Waals surface area (Å²) in [5.41, 5.74) is 7.93. The van der Waals surface area contributed by atoms with E-state index in [0.717, 1.165) is 22.4 Å². The zero-order valence-electron chi connectivity index (χ0n) is 14.4. The number of nitrogens with zero attached hydrogens (tertiary/aromatic N) is 1. The first-order valence-electron chi connectivity index (χ1n) is 8.23. The van der Waals surface area contributed by atoms with Crippen molar-refractivity contribution in [1.82, 2.24) is 4.57 Å². The van der Waals surface area contributed by atoms with Gasteiger partial charge in [-0.3, -0.25) is 0 Å². The summed E-state index contributed by atoms with van der Waals surface area (Å²) in [4.78, 5) is 0. The van der Waals surface area contributed by atoms with Crippen molar-refractivity contribution in [3.05, 3.63) is 57.8 Å². The molecule has 0 radical (unpaired) electrons. The van der Waals surface area contributed by atoms with E-state index in [2.05, 4.69) is 48.8 Å². The van der Waals surface area contributed by atoms with Gasteiger partial charge in [0.15, 0.2) is 0 Å². The lowest BCUT2D eigenvalue weighted by Gasteiger charge is -2.15. The fraction of sp³-hybridized carbons (Fsp3) is 0.238. The number of fused-ring (bicyclic) bond motifs is 4. The Balaban J connectivity index is 2.12. The number of allylic oxidation sites excluding steroid dienone is 1. The van der Waals surface area contributed by atoms with E-state index in [0.29, 0.717) is 12.0 Å². The van der Waals surface area contributed by atoms with Crippen molar-refractivity contribution in [2.45, 2.75) is 34.1 Å². The summed E-state index contributed by atoms with van der Waals surface area (Å²) in [5.74, 6) is 0.388. The van der Waals surface area contributed by atoms with Crippen LogP contribution in [0.2, 0.25) is 0 Å². The van der Waals surface area contributed by atoms with E-state index in [1.807, 2.05) is 6.92 Å². The number of para-hydroxylation sites is 1. The maximum Gasteiger partial charge on any atom is 0.126 e. The monoisotopic (exact) mass is 319 g/mol. The van der Waals surface area contributed by atoms with E-state index in [9.17, 15) is 10.2 Å². The first-order chi connectivity index (χ1) is 11.4. The molecule has 1 aromatic heterocycles. The van der Waals surface area contributed by atoms with Gasteiger partial charge in [0, 0.05) is 34.3 Å². The van der Waals surface area contributed by atoms with E-state index in [1.54, 1.807) is 6.92 Å². The van der Waals surface area contributed by atoms with Crippen LogP contribution in [0.1, 0.15) is 40.4 Å². The van der Waals surface area contributed by atoms with Crippen LogP contribution in [0.15, 0.2) is 24.3 Å². The molecule has 0 saturated heterocycles. The molecule has 0 unspecified atom stereocenters. The second-order valence-corrected chi connectivity index (χ2v) is 6.73. The van der Waals surface area contributed by atoms with Gasteiger partial charge in [-0.05, 0) is 56.5 Å². The topological polar surface area (TPSA) is 45.4 Å². The summed E-state index contributed by atoms with van der Waals surface area (Å²) in [6.45, 7) is 7.90. The minimum Gasteiger partial charge on any atom is -0.507 e. The predicted octanol–water partition coefficient (Wildman–Crippen LogP) is 4.90. The molecule has 3 heteroatoms. The summed E-state index contributed by atoms with van der Waals surface area (Å²) in [6, 6.07) is 8.40. The summed E-state index contributed by atoms with van der Waals surface area (Å²) < 4.78 is 2.27. The number of aryl methyl sites for hydroxylation is 1. The van der Waals surface area contributed by atoms with Gasteiger partial charge >= 0.3 is 0 Å². The number of rotatable bonds is 0. The number of hydrogen-bond donors (Lipinski definition) is 2. The molecule has 4 rings (SSSR count). The molecule has 0 aliphatic carbocycles. The van der Waals surface area contributed by atoms with Gasteiger partial charge in [-0.1, -0.05) is 18.2 Å². The Labute approximate surface area is 141 Å². The molecule has 122 valence electrons. The van der Waals surface area contributed by atoms with E-state index in [1.165, 1.54) is 22.2 Å². The van der Waals surface area contributed by atoms with Gasteiger partial charge in [-0.2, -0.15) is 0 Å². The van der Waals surface area contributed by atoms with Crippen molar-refractivity contribution in [2.24, 2.45) is 0 Å². The highest BCUT2D eigenvalue weighted by molar-refractivity contribution is 5.92. The summed E-state index contributed by atoms with van der Waals surface area (Å²) in [5, 5.41) is 22.2. The highest BCUT2D eigenvalue weighted by atomic mass is 16.3. The van der Waals surface area contributed by atoms with Gasteiger partial charge in [-0.15, -0.1) is 0 Å². The quantitative estimate of drug-likeness (QED) is 0.619. The van der Waals surface area contributed by atoms with E-state index in [-0.39, 0.29) is 11.5 Å². The summed E-state index contributed by atoms with van der Waals surface area (Å²) >= 11 is 0. The molecule has 0 atom stereocenters. The molecule has 3 aromatic rings. The third kappa shape index (κ3) is 1.78. The SMILES string of the molecule is CC1=Cc2c(C)c(O)c(C)c(O)c2Cc2c(C)c3ccccc3n21. The van der Waals surface area contributed by atoms with Gasteiger partial charge in [-0.25, -0.2) is 0 Å². The van der Waals surface area contributed by atoms with Crippen LogP contribution in [0.4, 0.5) is 0 Å². The molecule has 2 N–H and O–H groups in total. The van der Waals surface area contributed by atoms with Gasteiger partial charge in [0.1, 0.15) is 11.5 Å². The minimum atomic E-state index is 0.184. The van der Waals surface area contributed by atoms with E-state index in [4.69, 9.17) is 0 Å². The Morgan fingerprint density at radius 1 is 0.875 bits per heavy atom. The van der Waals surface area contributed by atoms with Crippen LogP contribution in [-0.4, -0.2) is 14.8 Å². The maximum absolute atomic E-state index is 10.7. The average molecular weight is 319 g/mol. The molecule has 0 saturated carbocycles. The fourth-order valence-corrected chi connectivity index (χ4v) is 3.99. The summed E-state index contributed by atoms with van der Waals surface area (Å²) in [7, 11) is 0. The molecular weight excluding hydrogens is 298 g/mol. The van der Waals surface area contributed by atoms with Gasteiger partial charge in [0.25, 0.3) is 0 Å². The van der Waals surface area contributed by atoms with Crippen molar-refractivity contribution in [1.29, 1.82) is 0 Å². The molecule has 0 bridgehead atoms. The van der Waals surface area contributed by atoms with Gasteiger partial charge < -0.3 is 14.8 Å². The van der Waals surface area contributed by atoms with Crippen molar-refractivity contribution < 1.29 is 10.2 Å². The molecule has 0 fully saturated rings. The molecule has 0 spiro atoms. The number of phenols is 2. The molecule has 3 nitrogen and oxygen atoms in total. The van der Waals surface area contributed by atoms with Crippen molar-refractivity contribution in [3.8, 4) is 11.5 Å². The second-order valence-electron chi connectivity index (χ2n) is 6.73. The minimum absolute atomic E-state index is 0.184. The maximum atomic E-state index is 10.7. The molecule has 2 aromatic carbocycles. The zero-order chi connectivity index (χ0) is 17.2. The van der Waals surface area contributed by atoms with Crippen molar-refractivity contribution in [2.75, 3.05) is 0 Å². The van der Waals surface area contributed by atoms with Crippen LogP contribution in [0, 0.1) is 20.8 Å². The molecule has 1 aliphatic heterocycles. The fourth-order valence-electron chi connectivity index (χ4n) is 3.99. The first kappa shape index (κ1) is 14.9. The zero-order valence-corrected chi connectivity index (χ0v) is 14.4. The van der Waals surface area contributed by atoms with Crippen LogP contribution in [0.5, 0.6) is 11.5 Å². The number of phenolic OH excluding ortho intramolecular Hbond substituents is 2. The number of aromatic hydroxyl groups is 2. The standard InChI is InChI=1S/C21H21NO2/c1-11-9-16-13(3)20(23)14(4)21(24)17(16)10-19-12(2)15-7-5-6-8-18(15)22(11)19/h5-9,23-24H,10H2,1-4H3. The predicted molar refractivity (Wildman–Crippen MR) is 98.6 cm³/mol. The Hall–Kier alpha value is -2.68.